The van der Waals surface area contributed by atoms with E-state index in [2.05, 4.69) is 0 Å². The summed E-state index contributed by atoms with van der Waals surface area (Å²) < 4.78 is 10.3. The van der Waals surface area contributed by atoms with E-state index in [1.165, 1.54) is 0 Å². The molecule has 0 spiro atoms. The molecule has 2 aromatic rings. The van der Waals surface area contributed by atoms with Crippen LogP contribution in [0.4, 0.5) is 5.69 Å². The van der Waals surface area contributed by atoms with Gasteiger partial charge in [-0.2, -0.15) is 5.26 Å². The third kappa shape index (κ3) is 2.28. The largest absolute Gasteiger partial charge is 0.449 e. The molecule has 0 fully saturated rings. The summed E-state index contributed by atoms with van der Waals surface area (Å²) in [6.07, 6.45) is -0.314. The van der Waals surface area contributed by atoms with Crippen molar-refractivity contribution in [2.45, 2.75) is 19.4 Å². The molecule has 1 aromatic carbocycles. The van der Waals surface area contributed by atoms with Crippen LogP contribution in [0.2, 0.25) is 0 Å². The lowest BCUT2D eigenvalue weighted by atomic mass is 10.2. The molecule has 0 aliphatic rings. The number of benzene rings is 1. The van der Waals surface area contributed by atoms with E-state index in [9.17, 15) is 4.79 Å². The fraction of sp³-hybridized carbons (Fsp3) is 0.231. The second-order valence-corrected chi connectivity index (χ2v) is 3.84. The third-order valence-electron chi connectivity index (χ3n) is 2.51. The Morgan fingerprint density at radius 2 is 2.33 bits per heavy atom. The van der Waals surface area contributed by atoms with Crippen LogP contribution >= 0.6 is 0 Å². The Balaban J connectivity index is 2.26. The van der Waals surface area contributed by atoms with Crippen LogP contribution in [-0.2, 0) is 4.74 Å². The van der Waals surface area contributed by atoms with Gasteiger partial charge in [0.25, 0.3) is 0 Å². The molecule has 0 bridgehead atoms. The van der Waals surface area contributed by atoms with Crippen LogP contribution in [0.25, 0.3) is 11.0 Å². The van der Waals surface area contributed by atoms with Gasteiger partial charge < -0.3 is 14.9 Å². The first-order valence-electron chi connectivity index (χ1n) is 5.53. The molecule has 0 amide bonds. The number of carbonyl (C=O) groups is 1. The minimum absolute atomic E-state index is 0.0734. The van der Waals surface area contributed by atoms with Gasteiger partial charge in [-0.1, -0.05) is 6.92 Å². The zero-order valence-corrected chi connectivity index (χ0v) is 9.84. The Kier molecular flexibility index (Phi) is 3.20. The molecule has 92 valence electrons. The first kappa shape index (κ1) is 12.0. The third-order valence-corrected chi connectivity index (χ3v) is 2.51. The summed E-state index contributed by atoms with van der Waals surface area (Å²) in [5.74, 6) is -0.567. The zero-order chi connectivity index (χ0) is 13.1. The van der Waals surface area contributed by atoms with Gasteiger partial charge in [-0.05, 0) is 30.7 Å². The van der Waals surface area contributed by atoms with Gasteiger partial charge >= 0.3 is 5.97 Å². The number of furan rings is 1. The predicted octanol–water partition coefficient (Wildman–Crippen LogP) is 2.47. The second kappa shape index (κ2) is 4.80. The van der Waals surface area contributed by atoms with E-state index in [1.807, 2.05) is 6.07 Å². The normalized spacial score (nSPS) is 12.0. The highest BCUT2D eigenvalue weighted by Crippen LogP contribution is 2.22. The van der Waals surface area contributed by atoms with Crippen LogP contribution < -0.4 is 5.73 Å². The molecule has 0 radical (unpaired) electrons. The maximum absolute atomic E-state index is 11.7. The van der Waals surface area contributed by atoms with E-state index in [0.29, 0.717) is 17.7 Å². The standard InChI is InChI=1S/C13H12N2O3/c1-2-10(7-14)17-13(16)12-6-8-5-9(15)3-4-11(8)18-12/h3-6,10H,2,15H2,1H3. The molecule has 0 saturated heterocycles. The monoisotopic (exact) mass is 244 g/mol. The quantitative estimate of drug-likeness (QED) is 0.661. The van der Waals surface area contributed by atoms with Crippen LogP contribution in [0, 0.1) is 11.3 Å². The molecule has 5 nitrogen and oxygen atoms in total. The van der Waals surface area contributed by atoms with E-state index in [0.717, 1.165) is 5.39 Å². The van der Waals surface area contributed by atoms with Gasteiger partial charge in [0.2, 0.25) is 5.76 Å². The van der Waals surface area contributed by atoms with Gasteiger partial charge in [-0.15, -0.1) is 0 Å². The molecule has 2 N–H and O–H groups in total. The lowest BCUT2D eigenvalue weighted by Gasteiger charge is -2.05. The fourth-order valence-electron chi connectivity index (χ4n) is 1.55. The molecule has 1 atom stereocenters. The molecule has 0 aliphatic heterocycles. The highest BCUT2D eigenvalue weighted by Gasteiger charge is 2.17. The average molecular weight is 244 g/mol. The Labute approximate surface area is 104 Å². The number of hydrogen-bond acceptors (Lipinski definition) is 5. The van der Waals surface area contributed by atoms with E-state index >= 15 is 0 Å². The number of ether oxygens (including phenoxy) is 1. The zero-order valence-electron chi connectivity index (χ0n) is 9.84. The number of nitrogens with two attached hydrogens (primary N) is 1. The van der Waals surface area contributed by atoms with E-state index in [-0.39, 0.29) is 5.76 Å². The van der Waals surface area contributed by atoms with Crippen molar-refractivity contribution in [2.24, 2.45) is 0 Å². The Morgan fingerprint density at radius 3 is 3.00 bits per heavy atom. The molecule has 0 saturated carbocycles. The van der Waals surface area contributed by atoms with Crippen LogP contribution in [0.3, 0.4) is 0 Å². The number of carbonyl (C=O) groups excluding carboxylic acids is 1. The van der Waals surface area contributed by atoms with Crippen LogP contribution in [-0.4, -0.2) is 12.1 Å². The van der Waals surface area contributed by atoms with Gasteiger partial charge in [-0.3, -0.25) is 0 Å². The lowest BCUT2D eigenvalue weighted by Crippen LogP contribution is -2.14. The van der Waals surface area contributed by atoms with Crippen molar-refractivity contribution in [3.05, 3.63) is 30.0 Å². The smallest absolute Gasteiger partial charge is 0.375 e. The number of nitrogens with zero attached hydrogens (tertiary/aromatic N) is 1. The van der Waals surface area contributed by atoms with Crippen LogP contribution in [0.5, 0.6) is 0 Å². The number of anilines is 1. The van der Waals surface area contributed by atoms with Crippen molar-refractivity contribution in [3.8, 4) is 6.07 Å². The highest BCUT2D eigenvalue weighted by atomic mass is 16.6. The Morgan fingerprint density at radius 1 is 1.56 bits per heavy atom. The summed E-state index contributed by atoms with van der Waals surface area (Å²) in [7, 11) is 0. The molecular weight excluding hydrogens is 232 g/mol. The van der Waals surface area contributed by atoms with Crippen molar-refractivity contribution in [1.29, 1.82) is 5.26 Å². The molecule has 18 heavy (non-hydrogen) atoms. The lowest BCUT2D eigenvalue weighted by molar-refractivity contribution is 0.0367. The van der Waals surface area contributed by atoms with Gasteiger partial charge in [-0.25, -0.2) is 4.79 Å². The molecule has 1 aromatic heterocycles. The van der Waals surface area contributed by atoms with Crippen molar-refractivity contribution in [1.82, 2.24) is 0 Å². The number of nitriles is 1. The minimum atomic E-state index is -0.754. The Bertz CT molecular complexity index is 625. The van der Waals surface area contributed by atoms with E-state index in [4.69, 9.17) is 20.1 Å². The van der Waals surface area contributed by atoms with Gasteiger partial charge in [0.05, 0.1) is 0 Å². The predicted molar refractivity (Wildman–Crippen MR) is 65.7 cm³/mol. The highest BCUT2D eigenvalue weighted by molar-refractivity contribution is 5.93. The molecule has 1 unspecified atom stereocenters. The second-order valence-electron chi connectivity index (χ2n) is 3.84. The number of fused-ring (bicyclic) bond motifs is 1. The van der Waals surface area contributed by atoms with Crippen LogP contribution in [0.15, 0.2) is 28.7 Å². The summed E-state index contributed by atoms with van der Waals surface area (Å²) in [4.78, 5) is 11.7. The maximum Gasteiger partial charge on any atom is 0.375 e. The average Bonchev–Trinajstić information content (AvgIpc) is 2.78. The van der Waals surface area contributed by atoms with Crippen molar-refractivity contribution < 1.29 is 13.9 Å². The minimum Gasteiger partial charge on any atom is -0.449 e. The van der Waals surface area contributed by atoms with Crippen molar-refractivity contribution in [3.63, 3.8) is 0 Å². The summed E-state index contributed by atoms with van der Waals surface area (Å²) in [6, 6.07) is 8.52. The SMILES string of the molecule is CCC(C#N)OC(=O)c1cc2cc(N)ccc2o1. The van der Waals surface area contributed by atoms with Gasteiger partial charge in [0.15, 0.2) is 6.10 Å². The van der Waals surface area contributed by atoms with E-state index in [1.54, 1.807) is 31.2 Å². The first-order chi connectivity index (χ1) is 8.63. The Hall–Kier alpha value is -2.48. The van der Waals surface area contributed by atoms with Crippen LogP contribution in [0.1, 0.15) is 23.9 Å². The number of hydrogen-bond donors (Lipinski definition) is 1. The topological polar surface area (TPSA) is 89.2 Å². The summed E-state index contributed by atoms with van der Waals surface area (Å²) >= 11 is 0. The summed E-state index contributed by atoms with van der Waals surface area (Å²) in [6.45, 7) is 1.76. The molecule has 0 aliphatic carbocycles. The summed E-state index contributed by atoms with van der Waals surface area (Å²) in [5, 5.41) is 9.45. The summed E-state index contributed by atoms with van der Waals surface area (Å²) in [5.41, 5.74) is 6.78. The van der Waals surface area contributed by atoms with Gasteiger partial charge in [0.1, 0.15) is 11.7 Å². The molecule has 1 heterocycles. The first-order valence-corrected chi connectivity index (χ1v) is 5.53. The number of rotatable bonds is 3. The van der Waals surface area contributed by atoms with Gasteiger partial charge in [0, 0.05) is 11.1 Å². The molecule has 2 rings (SSSR count). The van der Waals surface area contributed by atoms with E-state index < -0.39 is 12.1 Å². The number of nitrogen functional groups attached to an aromatic ring is 1. The fourth-order valence-corrected chi connectivity index (χ4v) is 1.55. The van der Waals surface area contributed by atoms with Crippen molar-refractivity contribution >= 4 is 22.6 Å². The maximum atomic E-state index is 11.7. The van der Waals surface area contributed by atoms with Crippen molar-refractivity contribution in [2.75, 3.05) is 5.73 Å². The molecular formula is C13H12N2O3. The molecule has 5 heteroatoms. The number of esters is 1.